The molecule has 1 saturated heterocycles. The van der Waals surface area contributed by atoms with E-state index < -0.39 is 0 Å². The number of carbonyl (C=O) groups is 3. The highest BCUT2D eigenvalue weighted by Gasteiger charge is 2.16. The zero-order chi connectivity index (χ0) is 18.6. The number of nitrogens with one attached hydrogen (secondary N) is 3. The van der Waals surface area contributed by atoms with Crippen molar-refractivity contribution in [3.63, 3.8) is 0 Å². The molecule has 1 heterocycles. The Morgan fingerprint density at radius 2 is 1.50 bits per heavy atom. The van der Waals surface area contributed by atoms with Gasteiger partial charge in [0, 0.05) is 45.6 Å². The molecular weight excluding hydrogens is 332 g/mol. The van der Waals surface area contributed by atoms with Crippen molar-refractivity contribution in [2.24, 2.45) is 0 Å². The van der Waals surface area contributed by atoms with Crippen molar-refractivity contribution in [1.29, 1.82) is 0 Å². The van der Waals surface area contributed by atoms with Crippen LogP contribution < -0.4 is 16.0 Å². The van der Waals surface area contributed by atoms with Gasteiger partial charge in [0.25, 0.3) is 0 Å². The van der Waals surface area contributed by atoms with Crippen LogP contribution in [0, 0.1) is 0 Å². The van der Waals surface area contributed by atoms with E-state index in [9.17, 15) is 14.4 Å². The molecule has 1 aliphatic heterocycles. The summed E-state index contributed by atoms with van der Waals surface area (Å²) in [5.74, 6) is -0.0280. The van der Waals surface area contributed by atoms with Gasteiger partial charge in [0.05, 0.1) is 0 Å². The van der Waals surface area contributed by atoms with Gasteiger partial charge in [0.15, 0.2) is 0 Å². The molecule has 0 aliphatic carbocycles. The molecule has 0 saturated carbocycles. The van der Waals surface area contributed by atoms with E-state index in [-0.39, 0.29) is 30.8 Å². The first-order valence-corrected chi connectivity index (χ1v) is 9.25. The van der Waals surface area contributed by atoms with Crippen LogP contribution in [0.2, 0.25) is 0 Å². The van der Waals surface area contributed by atoms with Gasteiger partial charge in [-0.05, 0) is 24.8 Å². The quantitative estimate of drug-likeness (QED) is 0.654. The standard InChI is InChI=1S/C19H28N4O3/c24-17(22-15-16-7-3-1-4-8-16)9-11-20-19(26)21-12-10-18(25)23-13-5-2-6-14-23/h1,3-4,7-8H,2,5-6,9-15H2,(H,22,24)(H2,20,21,26). The van der Waals surface area contributed by atoms with E-state index in [2.05, 4.69) is 16.0 Å². The fourth-order valence-electron chi connectivity index (χ4n) is 2.82. The number of rotatable bonds is 8. The van der Waals surface area contributed by atoms with Crippen molar-refractivity contribution >= 4 is 17.8 Å². The molecule has 7 heteroatoms. The van der Waals surface area contributed by atoms with Gasteiger partial charge < -0.3 is 20.9 Å². The second-order valence-electron chi connectivity index (χ2n) is 6.39. The van der Waals surface area contributed by atoms with Gasteiger partial charge in [0.1, 0.15) is 0 Å². The minimum Gasteiger partial charge on any atom is -0.352 e. The van der Waals surface area contributed by atoms with Gasteiger partial charge in [0.2, 0.25) is 11.8 Å². The van der Waals surface area contributed by atoms with Crippen LogP contribution in [0.15, 0.2) is 30.3 Å². The maximum Gasteiger partial charge on any atom is 0.314 e. The van der Waals surface area contributed by atoms with Crippen molar-refractivity contribution in [1.82, 2.24) is 20.9 Å². The summed E-state index contributed by atoms with van der Waals surface area (Å²) in [7, 11) is 0. The van der Waals surface area contributed by atoms with E-state index in [0.717, 1.165) is 31.5 Å². The van der Waals surface area contributed by atoms with Crippen LogP contribution in [0.5, 0.6) is 0 Å². The number of benzene rings is 1. The van der Waals surface area contributed by atoms with Gasteiger partial charge in [-0.3, -0.25) is 9.59 Å². The van der Waals surface area contributed by atoms with E-state index in [1.54, 1.807) is 0 Å². The molecule has 1 aromatic rings. The van der Waals surface area contributed by atoms with E-state index in [1.165, 1.54) is 6.42 Å². The lowest BCUT2D eigenvalue weighted by Gasteiger charge is -2.26. The van der Waals surface area contributed by atoms with Crippen molar-refractivity contribution < 1.29 is 14.4 Å². The lowest BCUT2D eigenvalue weighted by atomic mass is 10.1. The van der Waals surface area contributed by atoms with Crippen LogP contribution in [-0.2, 0) is 16.1 Å². The Bertz CT molecular complexity index is 586. The summed E-state index contributed by atoms with van der Waals surface area (Å²) < 4.78 is 0. The third-order valence-corrected chi connectivity index (χ3v) is 4.30. The number of hydrogen-bond donors (Lipinski definition) is 3. The Morgan fingerprint density at radius 3 is 2.19 bits per heavy atom. The number of amides is 4. The maximum absolute atomic E-state index is 12.0. The molecule has 26 heavy (non-hydrogen) atoms. The smallest absolute Gasteiger partial charge is 0.314 e. The van der Waals surface area contributed by atoms with Crippen LogP contribution in [0.4, 0.5) is 4.79 Å². The van der Waals surface area contributed by atoms with E-state index in [4.69, 9.17) is 0 Å². The first kappa shape index (κ1) is 19.8. The van der Waals surface area contributed by atoms with E-state index >= 15 is 0 Å². The third-order valence-electron chi connectivity index (χ3n) is 4.30. The molecular formula is C19H28N4O3. The van der Waals surface area contributed by atoms with Crippen LogP contribution in [0.25, 0.3) is 0 Å². The second kappa shape index (κ2) is 11.1. The molecule has 0 bridgehead atoms. The molecule has 1 aliphatic rings. The largest absolute Gasteiger partial charge is 0.352 e. The Labute approximate surface area is 154 Å². The molecule has 7 nitrogen and oxygen atoms in total. The molecule has 0 radical (unpaired) electrons. The number of nitrogens with zero attached hydrogens (tertiary/aromatic N) is 1. The highest BCUT2D eigenvalue weighted by Crippen LogP contribution is 2.09. The summed E-state index contributed by atoms with van der Waals surface area (Å²) in [6.45, 7) is 2.69. The van der Waals surface area contributed by atoms with Gasteiger partial charge in [-0.15, -0.1) is 0 Å². The molecule has 4 amide bonds. The highest BCUT2D eigenvalue weighted by molar-refractivity contribution is 5.79. The molecule has 3 N–H and O–H groups in total. The number of piperidine rings is 1. The Hall–Kier alpha value is -2.57. The summed E-state index contributed by atoms with van der Waals surface area (Å²) in [5.41, 5.74) is 1.03. The molecule has 142 valence electrons. The first-order valence-electron chi connectivity index (χ1n) is 9.25. The minimum absolute atomic E-state index is 0.0882. The van der Waals surface area contributed by atoms with E-state index in [0.29, 0.717) is 19.5 Å². The zero-order valence-electron chi connectivity index (χ0n) is 15.1. The van der Waals surface area contributed by atoms with Gasteiger partial charge >= 0.3 is 6.03 Å². The van der Waals surface area contributed by atoms with Crippen LogP contribution in [0.3, 0.4) is 0 Å². The summed E-state index contributed by atoms with van der Waals surface area (Å²) in [4.78, 5) is 37.3. The summed E-state index contributed by atoms with van der Waals surface area (Å²) in [6, 6.07) is 9.29. The Morgan fingerprint density at radius 1 is 0.846 bits per heavy atom. The topological polar surface area (TPSA) is 90.5 Å². The fourth-order valence-corrected chi connectivity index (χ4v) is 2.82. The SMILES string of the molecule is O=C(CCNC(=O)NCCC(=O)N1CCCCC1)NCc1ccccc1. The van der Waals surface area contributed by atoms with Crippen molar-refractivity contribution in [2.75, 3.05) is 26.2 Å². The summed E-state index contributed by atoms with van der Waals surface area (Å²) in [6.07, 6.45) is 3.83. The molecule has 1 aromatic carbocycles. The molecule has 0 unspecified atom stereocenters. The zero-order valence-corrected chi connectivity index (χ0v) is 15.1. The highest BCUT2D eigenvalue weighted by atomic mass is 16.2. The lowest BCUT2D eigenvalue weighted by Crippen LogP contribution is -2.41. The average Bonchev–Trinajstić information content (AvgIpc) is 2.68. The minimum atomic E-state index is -0.354. The predicted octanol–water partition coefficient (Wildman–Crippen LogP) is 1.39. The Balaban J connectivity index is 1.50. The molecule has 1 fully saturated rings. The molecule has 0 spiro atoms. The van der Waals surface area contributed by atoms with Crippen molar-refractivity contribution in [2.45, 2.75) is 38.6 Å². The van der Waals surface area contributed by atoms with Gasteiger partial charge in [-0.2, -0.15) is 0 Å². The molecule has 2 rings (SSSR count). The second-order valence-corrected chi connectivity index (χ2v) is 6.39. The molecule has 0 aromatic heterocycles. The van der Waals surface area contributed by atoms with Crippen molar-refractivity contribution in [3.8, 4) is 0 Å². The third kappa shape index (κ3) is 7.55. The monoisotopic (exact) mass is 360 g/mol. The summed E-state index contributed by atoms with van der Waals surface area (Å²) >= 11 is 0. The average molecular weight is 360 g/mol. The number of likely N-dealkylation sites (tertiary alicyclic amines) is 1. The normalized spacial score (nSPS) is 13.8. The van der Waals surface area contributed by atoms with Gasteiger partial charge in [-0.25, -0.2) is 4.79 Å². The van der Waals surface area contributed by atoms with Crippen LogP contribution in [0.1, 0.15) is 37.7 Å². The maximum atomic E-state index is 12.0. The fraction of sp³-hybridized carbons (Fsp3) is 0.526. The van der Waals surface area contributed by atoms with Crippen LogP contribution in [-0.4, -0.2) is 48.9 Å². The van der Waals surface area contributed by atoms with Crippen LogP contribution >= 0.6 is 0 Å². The lowest BCUT2D eigenvalue weighted by molar-refractivity contribution is -0.131. The Kier molecular flexibility index (Phi) is 8.45. The number of carbonyl (C=O) groups excluding carboxylic acids is 3. The molecule has 0 atom stereocenters. The van der Waals surface area contributed by atoms with Gasteiger partial charge in [-0.1, -0.05) is 30.3 Å². The number of urea groups is 1. The first-order chi connectivity index (χ1) is 12.6. The van der Waals surface area contributed by atoms with E-state index in [1.807, 2.05) is 35.2 Å². The predicted molar refractivity (Wildman–Crippen MR) is 99.4 cm³/mol. The summed E-state index contributed by atoms with van der Waals surface area (Å²) in [5, 5.41) is 8.09. The number of hydrogen-bond acceptors (Lipinski definition) is 3. The van der Waals surface area contributed by atoms with Crippen molar-refractivity contribution in [3.05, 3.63) is 35.9 Å².